The first-order valence-corrected chi connectivity index (χ1v) is 3.57. The predicted molar refractivity (Wildman–Crippen MR) is 42.4 cm³/mol. The third-order valence-electron chi connectivity index (χ3n) is 1.56. The molecule has 0 aliphatic rings. The van der Waals surface area contributed by atoms with Crippen LogP contribution in [-0.2, 0) is 4.74 Å². The van der Waals surface area contributed by atoms with Crippen molar-refractivity contribution in [3.63, 3.8) is 0 Å². The predicted octanol–water partition coefficient (Wildman–Crippen LogP) is 1.62. The molecule has 72 valence electrons. The summed E-state index contributed by atoms with van der Waals surface area (Å²) in [5.74, 6) is -2.94. The highest BCUT2D eigenvalue weighted by Gasteiger charge is 2.17. The number of esters is 1. The monoisotopic (exact) mass is 197 g/mol. The number of halogens is 2. The van der Waals surface area contributed by atoms with E-state index >= 15 is 0 Å². The highest BCUT2D eigenvalue weighted by atomic mass is 19.1. The fraction of sp³-hybridized carbons (Fsp3) is 0.111. The van der Waals surface area contributed by atoms with Crippen LogP contribution in [-0.4, -0.2) is 13.1 Å². The van der Waals surface area contributed by atoms with Gasteiger partial charge in [-0.2, -0.15) is 5.26 Å². The molecule has 1 aromatic carbocycles. The Hall–Kier alpha value is -1.96. The Kier molecular flexibility index (Phi) is 2.77. The second kappa shape index (κ2) is 3.83. The first-order chi connectivity index (χ1) is 6.60. The summed E-state index contributed by atoms with van der Waals surface area (Å²) in [6.07, 6.45) is 0. The summed E-state index contributed by atoms with van der Waals surface area (Å²) < 4.78 is 30.2. The molecule has 5 heteroatoms. The average molecular weight is 197 g/mol. The first kappa shape index (κ1) is 10.1. The lowest BCUT2D eigenvalue weighted by Gasteiger charge is -2.02. The van der Waals surface area contributed by atoms with Crippen LogP contribution >= 0.6 is 0 Å². The molecule has 0 amide bonds. The van der Waals surface area contributed by atoms with E-state index in [9.17, 15) is 13.6 Å². The number of hydrogen-bond donors (Lipinski definition) is 0. The van der Waals surface area contributed by atoms with E-state index in [-0.39, 0.29) is 0 Å². The van der Waals surface area contributed by atoms with E-state index in [0.717, 1.165) is 7.11 Å². The number of methoxy groups -OCH3 is 1. The van der Waals surface area contributed by atoms with E-state index in [1.807, 2.05) is 0 Å². The minimum Gasteiger partial charge on any atom is -0.465 e. The minimum absolute atomic E-state index is 0.523. The van der Waals surface area contributed by atoms with Crippen molar-refractivity contribution in [1.82, 2.24) is 0 Å². The summed E-state index contributed by atoms with van der Waals surface area (Å²) in [6, 6.07) is 2.83. The highest BCUT2D eigenvalue weighted by molar-refractivity contribution is 5.90. The summed E-state index contributed by atoms with van der Waals surface area (Å²) in [4.78, 5) is 10.9. The molecule has 0 N–H and O–H groups in total. The van der Waals surface area contributed by atoms with Gasteiger partial charge in [-0.25, -0.2) is 13.6 Å². The molecule has 1 aromatic rings. The molecule has 0 atom stereocenters. The number of nitrogens with zero attached hydrogens (tertiary/aromatic N) is 1. The molecule has 0 aliphatic carbocycles. The van der Waals surface area contributed by atoms with E-state index in [1.165, 1.54) is 6.07 Å². The van der Waals surface area contributed by atoms with E-state index < -0.39 is 28.7 Å². The van der Waals surface area contributed by atoms with Gasteiger partial charge in [0, 0.05) is 0 Å². The van der Waals surface area contributed by atoms with Crippen molar-refractivity contribution in [2.75, 3.05) is 7.11 Å². The van der Waals surface area contributed by atoms with Crippen molar-refractivity contribution >= 4 is 5.97 Å². The van der Waals surface area contributed by atoms with Gasteiger partial charge in [0.2, 0.25) is 0 Å². The van der Waals surface area contributed by atoms with Crippen molar-refractivity contribution in [3.05, 3.63) is 34.9 Å². The van der Waals surface area contributed by atoms with Crippen molar-refractivity contribution in [2.24, 2.45) is 0 Å². The molecule has 0 fully saturated rings. The zero-order chi connectivity index (χ0) is 10.7. The van der Waals surface area contributed by atoms with Crippen LogP contribution in [0.4, 0.5) is 8.78 Å². The fourth-order valence-electron chi connectivity index (χ4n) is 0.929. The van der Waals surface area contributed by atoms with Gasteiger partial charge in [0.1, 0.15) is 11.9 Å². The molecule has 0 spiro atoms. The van der Waals surface area contributed by atoms with Crippen LogP contribution in [0.25, 0.3) is 0 Å². The lowest BCUT2D eigenvalue weighted by molar-refractivity contribution is 0.0595. The Labute approximate surface area is 78.5 Å². The number of benzene rings is 1. The Balaban J connectivity index is 3.38. The zero-order valence-corrected chi connectivity index (χ0v) is 7.17. The van der Waals surface area contributed by atoms with Gasteiger partial charge in [0.15, 0.2) is 5.82 Å². The molecule has 0 saturated carbocycles. The highest BCUT2D eigenvalue weighted by Crippen LogP contribution is 2.15. The number of carbonyl (C=O) groups excluding carboxylic acids is 1. The number of ether oxygens (including phenoxy) is 1. The molecule has 0 radical (unpaired) electrons. The maximum absolute atomic E-state index is 13.2. The number of nitriles is 1. The van der Waals surface area contributed by atoms with Crippen LogP contribution in [0.3, 0.4) is 0 Å². The minimum atomic E-state index is -1.07. The molecule has 0 aromatic heterocycles. The van der Waals surface area contributed by atoms with Crippen molar-refractivity contribution in [1.29, 1.82) is 5.26 Å². The van der Waals surface area contributed by atoms with Crippen LogP contribution in [0.5, 0.6) is 0 Å². The Bertz CT molecular complexity index is 424. The molecular formula is C9H5F2NO2. The van der Waals surface area contributed by atoms with Gasteiger partial charge < -0.3 is 4.74 Å². The van der Waals surface area contributed by atoms with Crippen LogP contribution < -0.4 is 0 Å². The second-order valence-corrected chi connectivity index (χ2v) is 2.42. The number of carbonyl (C=O) groups is 1. The van der Waals surface area contributed by atoms with Gasteiger partial charge in [-0.1, -0.05) is 0 Å². The molecule has 0 unspecified atom stereocenters. The SMILES string of the molecule is COC(=O)c1cc(F)cc(C#N)c1F. The Morgan fingerprint density at radius 1 is 1.50 bits per heavy atom. The average Bonchev–Trinajstić information content (AvgIpc) is 2.19. The molecular weight excluding hydrogens is 192 g/mol. The lowest BCUT2D eigenvalue weighted by Crippen LogP contribution is -2.06. The summed E-state index contributed by atoms with van der Waals surface area (Å²) in [6.45, 7) is 0. The molecule has 0 heterocycles. The van der Waals surface area contributed by atoms with E-state index in [4.69, 9.17) is 5.26 Å². The quantitative estimate of drug-likeness (QED) is 0.643. The largest absolute Gasteiger partial charge is 0.465 e. The normalized spacial score (nSPS) is 9.29. The van der Waals surface area contributed by atoms with Crippen LogP contribution in [0.15, 0.2) is 12.1 Å². The van der Waals surface area contributed by atoms with Gasteiger partial charge >= 0.3 is 5.97 Å². The van der Waals surface area contributed by atoms with Crippen molar-refractivity contribution < 1.29 is 18.3 Å². The van der Waals surface area contributed by atoms with Crippen molar-refractivity contribution in [2.45, 2.75) is 0 Å². The summed E-state index contributed by atoms with van der Waals surface area (Å²) in [7, 11) is 1.04. The molecule has 3 nitrogen and oxygen atoms in total. The molecule has 1 rings (SSSR count). The first-order valence-electron chi connectivity index (χ1n) is 3.57. The van der Waals surface area contributed by atoms with Gasteiger partial charge in [0.25, 0.3) is 0 Å². The van der Waals surface area contributed by atoms with Gasteiger partial charge in [0.05, 0.1) is 18.2 Å². The van der Waals surface area contributed by atoms with E-state index in [1.54, 1.807) is 0 Å². The van der Waals surface area contributed by atoms with Crippen LogP contribution in [0.1, 0.15) is 15.9 Å². The van der Waals surface area contributed by atoms with E-state index in [0.29, 0.717) is 12.1 Å². The lowest BCUT2D eigenvalue weighted by atomic mass is 10.1. The van der Waals surface area contributed by atoms with Crippen LogP contribution in [0, 0.1) is 23.0 Å². The second-order valence-electron chi connectivity index (χ2n) is 2.42. The number of hydrogen-bond acceptors (Lipinski definition) is 3. The van der Waals surface area contributed by atoms with Gasteiger partial charge in [-0.05, 0) is 12.1 Å². The third-order valence-corrected chi connectivity index (χ3v) is 1.56. The maximum Gasteiger partial charge on any atom is 0.341 e. The maximum atomic E-state index is 13.2. The van der Waals surface area contributed by atoms with Crippen molar-refractivity contribution in [3.8, 4) is 6.07 Å². The molecule has 0 aliphatic heterocycles. The van der Waals surface area contributed by atoms with Crippen LogP contribution in [0.2, 0.25) is 0 Å². The molecule has 0 bridgehead atoms. The molecule has 0 saturated heterocycles. The fourth-order valence-corrected chi connectivity index (χ4v) is 0.929. The number of rotatable bonds is 1. The smallest absolute Gasteiger partial charge is 0.341 e. The van der Waals surface area contributed by atoms with Gasteiger partial charge in [-0.15, -0.1) is 0 Å². The Morgan fingerprint density at radius 3 is 2.64 bits per heavy atom. The third kappa shape index (κ3) is 1.69. The van der Waals surface area contributed by atoms with Gasteiger partial charge in [-0.3, -0.25) is 0 Å². The standard InChI is InChI=1S/C9H5F2NO2/c1-14-9(13)7-3-6(10)2-5(4-12)8(7)11/h2-3H,1H3. The zero-order valence-electron chi connectivity index (χ0n) is 7.17. The summed E-state index contributed by atoms with van der Waals surface area (Å²) in [5, 5.41) is 8.41. The van der Waals surface area contributed by atoms with E-state index in [2.05, 4.69) is 4.74 Å². The Morgan fingerprint density at radius 2 is 2.14 bits per heavy atom. The summed E-state index contributed by atoms with van der Waals surface area (Å²) >= 11 is 0. The molecule has 14 heavy (non-hydrogen) atoms. The summed E-state index contributed by atoms with van der Waals surface area (Å²) in [5.41, 5.74) is -1.10. The topological polar surface area (TPSA) is 50.1 Å².